The van der Waals surface area contributed by atoms with E-state index in [1.165, 1.54) is 0 Å². The van der Waals surface area contributed by atoms with Crippen LogP contribution in [-0.2, 0) is 28.8 Å². The van der Waals surface area contributed by atoms with Crippen molar-refractivity contribution < 1.29 is 44.1 Å². The van der Waals surface area contributed by atoms with E-state index in [0.717, 1.165) is 0 Å². The topological polar surface area (TPSA) is 251 Å². The number of aliphatic carboxylic acids is 2. The standard InChI is InChI=1S/C19H33N5O9/c1-3-9(2)15(18(31)23-12(8-25)19(32)33)24-17(30)11(5-7-14(27)28)22-16(29)10(20)4-6-13(21)26/h9-12,15,25H,3-8,20H2,1-2H3,(H2,21,26)(H,22,29)(H,23,31)(H,24,30)(H,27,28)(H,32,33). The van der Waals surface area contributed by atoms with Gasteiger partial charge in [0.05, 0.1) is 12.6 Å². The van der Waals surface area contributed by atoms with E-state index in [1.54, 1.807) is 13.8 Å². The number of nitrogens with one attached hydrogen (secondary N) is 3. The van der Waals surface area contributed by atoms with Crippen LogP contribution in [0.5, 0.6) is 0 Å². The average molecular weight is 475 g/mol. The smallest absolute Gasteiger partial charge is 0.328 e. The Bertz CT molecular complexity index is 730. The fourth-order valence-electron chi connectivity index (χ4n) is 2.65. The molecule has 0 aromatic rings. The third-order valence-electron chi connectivity index (χ3n) is 4.91. The summed E-state index contributed by atoms with van der Waals surface area (Å²) in [6, 6.07) is -5.39. The molecule has 0 saturated heterocycles. The second kappa shape index (κ2) is 14.7. The van der Waals surface area contributed by atoms with Crippen LogP contribution in [0.4, 0.5) is 0 Å². The predicted molar refractivity (Wildman–Crippen MR) is 113 cm³/mol. The molecule has 188 valence electrons. The van der Waals surface area contributed by atoms with Crippen molar-refractivity contribution in [3.8, 4) is 0 Å². The summed E-state index contributed by atoms with van der Waals surface area (Å²) in [4.78, 5) is 70.6. The van der Waals surface area contributed by atoms with E-state index in [0.29, 0.717) is 6.42 Å². The number of amides is 4. The lowest BCUT2D eigenvalue weighted by Crippen LogP contribution is -2.59. The summed E-state index contributed by atoms with van der Waals surface area (Å²) < 4.78 is 0. The monoisotopic (exact) mass is 475 g/mol. The van der Waals surface area contributed by atoms with E-state index in [2.05, 4.69) is 16.0 Å². The van der Waals surface area contributed by atoms with Crippen molar-refractivity contribution in [2.24, 2.45) is 17.4 Å². The molecule has 0 rings (SSSR count). The Morgan fingerprint density at radius 3 is 1.88 bits per heavy atom. The Hall–Kier alpha value is -3.26. The zero-order valence-corrected chi connectivity index (χ0v) is 18.6. The molecule has 0 fully saturated rings. The van der Waals surface area contributed by atoms with Crippen LogP contribution in [0.15, 0.2) is 0 Å². The van der Waals surface area contributed by atoms with Crippen molar-refractivity contribution >= 4 is 35.6 Å². The van der Waals surface area contributed by atoms with Gasteiger partial charge >= 0.3 is 11.9 Å². The van der Waals surface area contributed by atoms with Crippen LogP contribution in [0, 0.1) is 5.92 Å². The van der Waals surface area contributed by atoms with Gasteiger partial charge in [-0.2, -0.15) is 0 Å². The first-order chi connectivity index (χ1) is 15.3. The number of primary amides is 1. The van der Waals surface area contributed by atoms with Crippen molar-refractivity contribution in [3.05, 3.63) is 0 Å². The molecule has 0 bridgehead atoms. The first-order valence-electron chi connectivity index (χ1n) is 10.3. The maximum Gasteiger partial charge on any atom is 0.328 e. The number of hydrogen-bond donors (Lipinski definition) is 8. The predicted octanol–water partition coefficient (Wildman–Crippen LogP) is -2.98. The van der Waals surface area contributed by atoms with Gasteiger partial charge in [0.2, 0.25) is 23.6 Å². The van der Waals surface area contributed by atoms with Gasteiger partial charge in [-0.25, -0.2) is 4.79 Å². The number of carboxylic acid groups (broad SMARTS) is 2. The molecule has 33 heavy (non-hydrogen) atoms. The number of rotatable bonds is 16. The molecule has 10 N–H and O–H groups in total. The molecule has 0 aromatic heterocycles. The zero-order chi connectivity index (χ0) is 25.7. The van der Waals surface area contributed by atoms with Crippen LogP contribution in [0.2, 0.25) is 0 Å². The summed E-state index contributed by atoms with van der Waals surface area (Å²) in [5.74, 6) is -6.44. The summed E-state index contributed by atoms with van der Waals surface area (Å²) in [6.07, 6.45) is -0.671. The highest BCUT2D eigenvalue weighted by atomic mass is 16.4. The molecule has 0 spiro atoms. The van der Waals surface area contributed by atoms with Crippen LogP contribution >= 0.6 is 0 Å². The minimum atomic E-state index is -1.59. The van der Waals surface area contributed by atoms with E-state index in [9.17, 15) is 28.8 Å². The van der Waals surface area contributed by atoms with Crippen molar-refractivity contribution in [1.82, 2.24) is 16.0 Å². The Balaban J connectivity index is 5.51. The third-order valence-corrected chi connectivity index (χ3v) is 4.91. The molecule has 14 heteroatoms. The lowest BCUT2D eigenvalue weighted by molar-refractivity contribution is -0.143. The summed E-state index contributed by atoms with van der Waals surface area (Å²) in [5.41, 5.74) is 10.7. The largest absolute Gasteiger partial charge is 0.481 e. The van der Waals surface area contributed by atoms with Gasteiger partial charge in [-0.1, -0.05) is 20.3 Å². The molecular formula is C19H33N5O9. The molecule has 5 atom stereocenters. The van der Waals surface area contributed by atoms with Crippen molar-refractivity contribution in [2.75, 3.05) is 6.61 Å². The van der Waals surface area contributed by atoms with Crippen LogP contribution in [0.3, 0.4) is 0 Å². The summed E-state index contributed by atoms with van der Waals surface area (Å²) in [5, 5.41) is 33.9. The van der Waals surface area contributed by atoms with Crippen LogP contribution in [0.1, 0.15) is 46.0 Å². The highest BCUT2D eigenvalue weighted by Gasteiger charge is 2.32. The van der Waals surface area contributed by atoms with Gasteiger partial charge in [0.1, 0.15) is 18.1 Å². The summed E-state index contributed by atoms with van der Waals surface area (Å²) in [7, 11) is 0. The Labute approximate surface area is 190 Å². The maximum atomic E-state index is 12.8. The SMILES string of the molecule is CCC(C)C(NC(=O)C(CCC(=O)O)NC(=O)C(N)CCC(N)=O)C(=O)NC(CO)C(=O)O. The van der Waals surface area contributed by atoms with Gasteiger partial charge in [-0.05, 0) is 18.8 Å². The molecule has 0 aliphatic rings. The molecule has 0 aliphatic carbocycles. The Morgan fingerprint density at radius 1 is 0.848 bits per heavy atom. The third kappa shape index (κ3) is 11.2. The fourth-order valence-corrected chi connectivity index (χ4v) is 2.65. The fraction of sp³-hybridized carbons (Fsp3) is 0.684. The van der Waals surface area contributed by atoms with Crippen LogP contribution < -0.4 is 27.4 Å². The van der Waals surface area contributed by atoms with Gasteiger partial charge in [-0.3, -0.25) is 24.0 Å². The molecule has 14 nitrogen and oxygen atoms in total. The molecule has 0 saturated carbocycles. The Kier molecular flexibility index (Phi) is 13.3. The number of carbonyl (C=O) groups excluding carboxylic acids is 4. The quantitative estimate of drug-likeness (QED) is 0.112. The normalized spacial score (nSPS) is 15.3. The molecule has 4 amide bonds. The molecule has 0 aromatic carbocycles. The van der Waals surface area contributed by atoms with Crippen LogP contribution in [-0.4, -0.2) is 81.7 Å². The number of nitrogens with two attached hydrogens (primary N) is 2. The summed E-state index contributed by atoms with van der Waals surface area (Å²) >= 11 is 0. The van der Waals surface area contributed by atoms with E-state index in [-0.39, 0.29) is 19.3 Å². The van der Waals surface area contributed by atoms with Crippen molar-refractivity contribution in [3.63, 3.8) is 0 Å². The summed E-state index contributed by atoms with van der Waals surface area (Å²) in [6.45, 7) is 2.46. The minimum absolute atomic E-state index is 0.0932. The maximum absolute atomic E-state index is 12.8. The number of aliphatic hydroxyl groups excluding tert-OH is 1. The average Bonchev–Trinajstić information content (AvgIpc) is 2.75. The van der Waals surface area contributed by atoms with Gasteiger partial charge < -0.3 is 42.7 Å². The van der Waals surface area contributed by atoms with E-state index < -0.39 is 78.7 Å². The number of hydrogen-bond acceptors (Lipinski definition) is 8. The lowest BCUT2D eigenvalue weighted by atomic mass is 9.97. The van der Waals surface area contributed by atoms with Gasteiger partial charge in [0, 0.05) is 12.8 Å². The zero-order valence-electron chi connectivity index (χ0n) is 18.6. The molecule has 0 heterocycles. The first-order valence-corrected chi connectivity index (χ1v) is 10.3. The first kappa shape index (κ1) is 29.7. The Morgan fingerprint density at radius 2 is 1.42 bits per heavy atom. The number of carbonyl (C=O) groups is 6. The highest BCUT2D eigenvalue weighted by molar-refractivity contribution is 5.94. The molecular weight excluding hydrogens is 442 g/mol. The van der Waals surface area contributed by atoms with E-state index >= 15 is 0 Å². The van der Waals surface area contributed by atoms with Crippen LogP contribution in [0.25, 0.3) is 0 Å². The van der Waals surface area contributed by atoms with E-state index in [4.69, 9.17) is 26.8 Å². The molecule has 0 aliphatic heterocycles. The molecule has 0 radical (unpaired) electrons. The van der Waals surface area contributed by atoms with Crippen molar-refractivity contribution in [1.29, 1.82) is 0 Å². The number of carboxylic acids is 2. The van der Waals surface area contributed by atoms with Gasteiger partial charge in [0.25, 0.3) is 0 Å². The molecule has 5 unspecified atom stereocenters. The van der Waals surface area contributed by atoms with Crippen molar-refractivity contribution in [2.45, 2.75) is 70.1 Å². The minimum Gasteiger partial charge on any atom is -0.481 e. The second-order valence-corrected chi connectivity index (χ2v) is 7.56. The van der Waals surface area contributed by atoms with Gasteiger partial charge in [0.15, 0.2) is 0 Å². The number of aliphatic hydroxyl groups is 1. The second-order valence-electron chi connectivity index (χ2n) is 7.56. The lowest BCUT2D eigenvalue weighted by Gasteiger charge is -2.27. The highest BCUT2D eigenvalue weighted by Crippen LogP contribution is 2.10. The van der Waals surface area contributed by atoms with E-state index in [1.807, 2.05) is 0 Å². The van der Waals surface area contributed by atoms with Gasteiger partial charge in [-0.15, -0.1) is 0 Å².